The summed E-state index contributed by atoms with van der Waals surface area (Å²) in [6.07, 6.45) is 0.214. The molecular weight excluding hydrogens is 366 g/mol. The Morgan fingerprint density at radius 1 is 1.00 bits per heavy atom. The Balaban J connectivity index is 1.63. The summed E-state index contributed by atoms with van der Waals surface area (Å²) in [7, 11) is 2.06. The molecule has 2 saturated heterocycles. The van der Waals surface area contributed by atoms with Crippen LogP contribution in [0.1, 0.15) is 35.3 Å². The summed E-state index contributed by atoms with van der Waals surface area (Å²) in [5.41, 5.74) is 2.07. The van der Waals surface area contributed by atoms with Crippen LogP contribution in [0.25, 0.3) is 0 Å². The molecule has 150 valence electrons. The molecule has 29 heavy (non-hydrogen) atoms. The van der Waals surface area contributed by atoms with Crippen molar-refractivity contribution in [3.63, 3.8) is 0 Å². The van der Waals surface area contributed by atoms with Gasteiger partial charge < -0.3 is 9.80 Å². The van der Waals surface area contributed by atoms with E-state index in [2.05, 4.69) is 11.9 Å². The summed E-state index contributed by atoms with van der Waals surface area (Å²) in [6, 6.07) is 16.9. The summed E-state index contributed by atoms with van der Waals surface area (Å²) in [4.78, 5) is 43.4. The van der Waals surface area contributed by atoms with Gasteiger partial charge in [0.25, 0.3) is 5.91 Å². The standard InChI is InChI=1S/C23H25N3O3/c1-16-13-21(27)26(22(16)28)19-10-6-9-18(14-19)23(29)25-12-11-24(2)15-20(25)17-7-4-3-5-8-17/h3-10,14,16,20H,11-13,15H2,1-2H3/t16-,20+/m1/s1. The minimum Gasteiger partial charge on any atom is -0.329 e. The first-order valence-electron chi connectivity index (χ1n) is 9.97. The SMILES string of the molecule is C[C@@H]1CC(=O)N(c2cccc(C(=O)N3CCN(C)C[C@H]3c3ccccc3)c2)C1=O. The normalized spacial score (nSPS) is 23.0. The van der Waals surface area contributed by atoms with Crippen molar-refractivity contribution in [2.45, 2.75) is 19.4 Å². The lowest BCUT2D eigenvalue weighted by molar-refractivity contribution is -0.122. The van der Waals surface area contributed by atoms with E-state index in [0.717, 1.165) is 18.7 Å². The zero-order valence-corrected chi connectivity index (χ0v) is 16.7. The Morgan fingerprint density at radius 3 is 2.45 bits per heavy atom. The van der Waals surface area contributed by atoms with E-state index < -0.39 is 0 Å². The summed E-state index contributed by atoms with van der Waals surface area (Å²) in [5, 5.41) is 0. The van der Waals surface area contributed by atoms with Crippen LogP contribution in [0, 0.1) is 5.92 Å². The van der Waals surface area contributed by atoms with E-state index in [0.29, 0.717) is 17.8 Å². The number of hydrogen-bond donors (Lipinski definition) is 0. The predicted molar refractivity (Wildman–Crippen MR) is 110 cm³/mol. The van der Waals surface area contributed by atoms with Gasteiger partial charge in [-0.2, -0.15) is 0 Å². The maximum atomic E-state index is 13.4. The number of piperazine rings is 1. The highest BCUT2D eigenvalue weighted by molar-refractivity contribution is 6.21. The lowest BCUT2D eigenvalue weighted by Crippen LogP contribution is -2.49. The van der Waals surface area contributed by atoms with Crippen LogP contribution in [0.4, 0.5) is 5.69 Å². The van der Waals surface area contributed by atoms with Crippen molar-refractivity contribution >= 4 is 23.4 Å². The molecule has 6 nitrogen and oxygen atoms in total. The molecule has 0 radical (unpaired) electrons. The quantitative estimate of drug-likeness (QED) is 0.755. The van der Waals surface area contributed by atoms with Crippen molar-refractivity contribution < 1.29 is 14.4 Å². The van der Waals surface area contributed by atoms with Crippen molar-refractivity contribution in [3.05, 3.63) is 65.7 Å². The fourth-order valence-corrected chi connectivity index (χ4v) is 4.12. The van der Waals surface area contributed by atoms with Crippen LogP contribution in [0.15, 0.2) is 54.6 Å². The minimum atomic E-state index is -0.318. The van der Waals surface area contributed by atoms with E-state index in [1.54, 1.807) is 31.2 Å². The lowest BCUT2D eigenvalue weighted by atomic mass is 10.0. The van der Waals surface area contributed by atoms with Gasteiger partial charge in [0.05, 0.1) is 11.7 Å². The topological polar surface area (TPSA) is 60.9 Å². The van der Waals surface area contributed by atoms with E-state index in [9.17, 15) is 14.4 Å². The van der Waals surface area contributed by atoms with Crippen molar-refractivity contribution in [1.82, 2.24) is 9.80 Å². The van der Waals surface area contributed by atoms with E-state index in [1.807, 2.05) is 35.2 Å². The number of carbonyl (C=O) groups excluding carboxylic acids is 3. The number of carbonyl (C=O) groups is 3. The Morgan fingerprint density at radius 2 is 1.76 bits per heavy atom. The minimum absolute atomic E-state index is 0.0406. The molecule has 2 aromatic carbocycles. The van der Waals surface area contributed by atoms with Crippen molar-refractivity contribution in [3.8, 4) is 0 Å². The van der Waals surface area contributed by atoms with Crippen molar-refractivity contribution in [2.24, 2.45) is 5.92 Å². The maximum absolute atomic E-state index is 13.4. The number of amides is 3. The third-order valence-corrected chi connectivity index (χ3v) is 5.75. The smallest absolute Gasteiger partial charge is 0.254 e. The molecule has 0 N–H and O–H groups in total. The summed E-state index contributed by atoms with van der Waals surface area (Å²) < 4.78 is 0. The number of hydrogen-bond acceptors (Lipinski definition) is 4. The molecule has 6 heteroatoms. The zero-order chi connectivity index (χ0) is 20.5. The highest BCUT2D eigenvalue weighted by Gasteiger charge is 2.37. The molecule has 2 aliphatic rings. The predicted octanol–water partition coefficient (Wildman–Crippen LogP) is 2.71. The molecule has 2 aliphatic heterocycles. The fourth-order valence-electron chi connectivity index (χ4n) is 4.12. The molecule has 0 bridgehead atoms. The lowest BCUT2D eigenvalue weighted by Gasteiger charge is -2.40. The average Bonchev–Trinajstić information content (AvgIpc) is 2.99. The van der Waals surface area contributed by atoms with Gasteiger partial charge >= 0.3 is 0 Å². The van der Waals surface area contributed by atoms with Gasteiger partial charge in [0, 0.05) is 37.5 Å². The molecule has 0 saturated carbocycles. The molecule has 2 atom stereocenters. The molecule has 0 unspecified atom stereocenters. The zero-order valence-electron chi connectivity index (χ0n) is 16.7. The molecule has 0 aromatic heterocycles. The van der Waals surface area contributed by atoms with Crippen LogP contribution in [-0.4, -0.2) is 54.2 Å². The molecule has 2 aromatic rings. The highest BCUT2D eigenvalue weighted by Crippen LogP contribution is 2.30. The molecule has 0 aliphatic carbocycles. The number of nitrogens with zero attached hydrogens (tertiary/aromatic N) is 3. The van der Waals surface area contributed by atoms with E-state index in [4.69, 9.17) is 0 Å². The van der Waals surface area contributed by atoms with Gasteiger partial charge in [0.1, 0.15) is 0 Å². The largest absolute Gasteiger partial charge is 0.329 e. The summed E-state index contributed by atoms with van der Waals surface area (Å²) in [6.45, 7) is 3.94. The number of benzene rings is 2. The van der Waals surface area contributed by atoms with Gasteiger partial charge in [0.2, 0.25) is 11.8 Å². The Hall–Kier alpha value is -2.99. The Kier molecular flexibility index (Phi) is 5.20. The van der Waals surface area contributed by atoms with Gasteiger partial charge in [-0.3, -0.25) is 19.3 Å². The van der Waals surface area contributed by atoms with Gasteiger partial charge in [-0.05, 0) is 30.8 Å². The number of rotatable bonds is 3. The number of imide groups is 1. The number of anilines is 1. The van der Waals surface area contributed by atoms with Crippen LogP contribution in [0.2, 0.25) is 0 Å². The van der Waals surface area contributed by atoms with E-state index in [-0.39, 0.29) is 36.1 Å². The van der Waals surface area contributed by atoms with E-state index in [1.165, 1.54) is 4.90 Å². The second-order valence-corrected chi connectivity index (χ2v) is 7.91. The fraction of sp³-hybridized carbons (Fsp3) is 0.348. The molecule has 2 heterocycles. The second kappa shape index (κ2) is 7.79. The maximum Gasteiger partial charge on any atom is 0.254 e. The Bertz CT molecular complexity index is 943. The van der Waals surface area contributed by atoms with Gasteiger partial charge in [-0.1, -0.05) is 43.3 Å². The molecule has 3 amide bonds. The van der Waals surface area contributed by atoms with Crippen molar-refractivity contribution in [1.29, 1.82) is 0 Å². The number of likely N-dealkylation sites (N-methyl/N-ethyl adjacent to an activating group) is 1. The molecule has 2 fully saturated rings. The van der Waals surface area contributed by atoms with Crippen LogP contribution in [0.3, 0.4) is 0 Å². The first kappa shape index (κ1) is 19.3. The molecule has 0 spiro atoms. The second-order valence-electron chi connectivity index (χ2n) is 7.91. The molecule has 4 rings (SSSR count). The van der Waals surface area contributed by atoms with Crippen LogP contribution >= 0.6 is 0 Å². The van der Waals surface area contributed by atoms with Crippen LogP contribution in [0.5, 0.6) is 0 Å². The van der Waals surface area contributed by atoms with Crippen LogP contribution < -0.4 is 4.90 Å². The van der Waals surface area contributed by atoms with Gasteiger partial charge in [-0.15, -0.1) is 0 Å². The Labute approximate surface area is 170 Å². The average molecular weight is 391 g/mol. The third-order valence-electron chi connectivity index (χ3n) is 5.75. The first-order valence-corrected chi connectivity index (χ1v) is 9.97. The summed E-state index contributed by atoms with van der Waals surface area (Å²) >= 11 is 0. The summed E-state index contributed by atoms with van der Waals surface area (Å²) in [5.74, 6) is -0.821. The highest BCUT2D eigenvalue weighted by atomic mass is 16.2. The van der Waals surface area contributed by atoms with E-state index >= 15 is 0 Å². The van der Waals surface area contributed by atoms with Crippen molar-refractivity contribution in [2.75, 3.05) is 31.6 Å². The monoisotopic (exact) mass is 391 g/mol. The third kappa shape index (κ3) is 3.68. The first-order chi connectivity index (χ1) is 14.0. The van der Waals surface area contributed by atoms with Gasteiger partial charge in [-0.25, -0.2) is 0 Å². The van der Waals surface area contributed by atoms with Crippen LogP contribution in [-0.2, 0) is 9.59 Å². The van der Waals surface area contributed by atoms with Gasteiger partial charge in [0.15, 0.2) is 0 Å². The molecular formula is C23H25N3O3.